The van der Waals surface area contributed by atoms with Gasteiger partial charge in [0.25, 0.3) is 5.71 Å². The monoisotopic (exact) mass is 229 g/mol. The predicted molar refractivity (Wildman–Crippen MR) is 63.6 cm³/mol. The molecule has 4 heteroatoms. The number of nitrogens with zero attached hydrogens (tertiary/aromatic N) is 2. The summed E-state index contributed by atoms with van der Waals surface area (Å²) in [6.45, 7) is 0.906. The van der Waals surface area contributed by atoms with Crippen LogP contribution in [0.2, 0.25) is 0 Å². The lowest BCUT2D eigenvalue weighted by molar-refractivity contribution is 0.439. The van der Waals surface area contributed by atoms with Crippen LogP contribution in [0.5, 0.6) is 0 Å². The van der Waals surface area contributed by atoms with Gasteiger partial charge < -0.3 is 9.84 Å². The van der Waals surface area contributed by atoms with Gasteiger partial charge in [-0.1, -0.05) is 5.16 Å². The molecular weight excluding hydrogens is 214 g/mol. The lowest BCUT2D eigenvalue weighted by Crippen LogP contribution is -2.15. The Morgan fingerprint density at radius 3 is 2.94 bits per heavy atom. The smallest absolute Gasteiger partial charge is 0.257 e. The fraction of sp³-hybridized carbons (Fsp3) is 0.538. The number of nitrogens with one attached hydrogen (secondary N) is 1. The van der Waals surface area contributed by atoms with Gasteiger partial charge in [0.05, 0.1) is 11.1 Å². The fourth-order valence-corrected chi connectivity index (χ4v) is 2.19. The number of fused-ring (bicyclic) bond motifs is 1. The molecule has 0 spiro atoms. The maximum absolute atomic E-state index is 5.26. The maximum Gasteiger partial charge on any atom is 0.257 e. The first kappa shape index (κ1) is 9.59. The van der Waals surface area contributed by atoms with Gasteiger partial charge in [-0.05, 0) is 37.3 Å². The Morgan fingerprint density at radius 1 is 1.29 bits per heavy atom. The first-order chi connectivity index (χ1) is 8.40. The van der Waals surface area contributed by atoms with Crippen LogP contribution in [0.3, 0.4) is 0 Å². The molecule has 2 fully saturated rings. The van der Waals surface area contributed by atoms with Crippen molar-refractivity contribution in [3.8, 4) is 0 Å². The van der Waals surface area contributed by atoms with Gasteiger partial charge >= 0.3 is 0 Å². The summed E-state index contributed by atoms with van der Waals surface area (Å²) in [7, 11) is 0. The highest BCUT2D eigenvalue weighted by Crippen LogP contribution is 2.42. The summed E-state index contributed by atoms with van der Waals surface area (Å²) in [5.41, 5.74) is 3.03. The van der Waals surface area contributed by atoms with Gasteiger partial charge in [-0.3, -0.25) is 0 Å². The molecule has 2 saturated carbocycles. The van der Waals surface area contributed by atoms with Crippen molar-refractivity contribution in [3.05, 3.63) is 23.5 Å². The fourth-order valence-electron chi connectivity index (χ4n) is 2.19. The second-order valence-electron chi connectivity index (χ2n) is 5.19. The van der Waals surface area contributed by atoms with E-state index in [1.807, 2.05) is 6.20 Å². The zero-order valence-electron chi connectivity index (χ0n) is 9.65. The van der Waals surface area contributed by atoms with E-state index in [1.54, 1.807) is 0 Å². The van der Waals surface area contributed by atoms with E-state index in [0.717, 1.165) is 23.7 Å². The normalized spacial score (nSPS) is 20.0. The Morgan fingerprint density at radius 2 is 2.18 bits per heavy atom. The first-order valence-electron chi connectivity index (χ1n) is 6.38. The van der Waals surface area contributed by atoms with Crippen molar-refractivity contribution in [1.82, 2.24) is 15.5 Å². The molecule has 0 saturated heterocycles. The Labute approximate surface area is 99.4 Å². The maximum atomic E-state index is 5.26. The summed E-state index contributed by atoms with van der Waals surface area (Å²) in [5, 5.41) is 8.76. The molecule has 0 aliphatic heterocycles. The molecule has 2 aliphatic carbocycles. The second kappa shape index (κ2) is 3.53. The Bertz CT molecular complexity index is 555. The van der Waals surface area contributed by atoms with E-state index >= 15 is 0 Å². The van der Waals surface area contributed by atoms with Crippen LogP contribution in [0.4, 0.5) is 0 Å². The predicted octanol–water partition coefficient (Wildman–Crippen LogP) is 2.35. The quantitative estimate of drug-likeness (QED) is 0.874. The minimum atomic E-state index is 0.615. The molecule has 2 aromatic heterocycles. The third-order valence-corrected chi connectivity index (χ3v) is 3.55. The van der Waals surface area contributed by atoms with Gasteiger partial charge in [0.1, 0.15) is 0 Å². The van der Waals surface area contributed by atoms with Crippen LogP contribution in [0.25, 0.3) is 11.1 Å². The first-order valence-corrected chi connectivity index (χ1v) is 6.38. The Kier molecular flexibility index (Phi) is 1.99. The highest BCUT2D eigenvalue weighted by molar-refractivity contribution is 5.77. The van der Waals surface area contributed by atoms with Crippen molar-refractivity contribution in [2.45, 2.75) is 44.2 Å². The molecule has 17 heavy (non-hydrogen) atoms. The second-order valence-corrected chi connectivity index (χ2v) is 5.19. The lowest BCUT2D eigenvalue weighted by Gasteiger charge is -2.02. The van der Waals surface area contributed by atoms with Gasteiger partial charge in [0.15, 0.2) is 0 Å². The lowest BCUT2D eigenvalue weighted by atomic mass is 10.1. The average molecular weight is 229 g/mol. The minimum Gasteiger partial charge on any atom is -0.336 e. The van der Waals surface area contributed by atoms with Crippen LogP contribution >= 0.6 is 0 Å². The summed E-state index contributed by atoms with van der Waals surface area (Å²) < 4.78 is 5.26. The molecule has 0 aromatic carbocycles. The number of hydrogen-bond acceptors (Lipinski definition) is 4. The summed E-state index contributed by atoms with van der Waals surface area (Å²) in [6, 6.07) is 2.91. The van der Waals surface area contributed by atoms with Crippen LogP contribution in [-0.2, 0) is 6.54 Å². The van der Waals surface area contributed by atoms with Crippen LogP contribution in [0.1, 0.15) is 42.9 Å². The van der Waals surface area contributed by atoms with E-state index in [2.05, 4.69) is 21.5 Å². The van der Waals surface area contributed by atoms with E-state index in [1.165, 1.54) is 31.2 Å². The Hall–Kier alpha value is -1.42. The van der Waals surface area contributed by atoms with Gasteiger partial charge in [-0.15, -0.1) is 0 Å². The van der Waals surface area contributed by atoms with Gasteiger partial charge in [0, 0.05) is 24.7 Å². The Balaban J connectivity index is 1.65. The van der Waals surface area contributed by atoms with Crippen molar-refractivity contribution < 1.29 is 4.52 Å². The summed E-state index contributed by atoms with van der Waals surface area (Å²) in [6.07, 6.45) is 7.00. The molecule has 0 atom stereocenters. The molecule has 2 heterocycles. The zero-order valence-corrected chi connectivity index (χ0v) is 9.65. The van der Waals surface area contributed by atoms with E-state index in [9.17, 15) is 0 Å². The summed E-state index contributed by atoms with van der Waals surface area (Å²) in [5.74, 6) is 0.615. The molecule has 0 unspecified atom stereocenters. The van der Waals surface area contributed by atoms with Crippen LogP contribution < -0.4 is 5.32 Å². The van der Waals surface area contributed by atoms with Crippen molar-refractivity contribution in [2.75, 3.05) is 0 Å². The van der Waals surface area contributed by atoms with Gasteiger partial charge in [-0.25, -0.2) is 4.98 Å². The summed E-state index contributed by atoms with van der Waals surface area (Å²) >= 11 is 0. The van der Waals surface area contributed by atoms with E-state index in [4.69, 9.17) is 4.52 Å². The molecule has 4 rings (SSSR count). The molecule has 0 radical (unpaired) electrons. The highest BCUT2D eigenvalue weighted by Gasteiger charge is 2.29. The standard InChI is InChI=1S/C13H15N3O/c1-2-9(1)12-11-5-8(6-14-10-3-4-10)7-15-13(11)17-16-12/h5,7,9-10,14H,1-4,6H2. The molecule has 88 valence electrons. The third kappa shape index (κ3) is 1.82. The molecule has 1 N–H and O–H groups in total. The highest BCUT2D eigenvalue weighted by atomic mass is 16.5. The van der Waals surface area contributed by atoms with E-state index in [0.29, 0.717) is 11.6 Å². The zero-order chi connectivity index (χ0) is 11.2. The number of aromatic nitrogens is 2. The third-order valence-electron chi connectivity index (χ3n) is 3.55. The summed E-state index contributed by atoms with van der Waals surface area (Å²) in [4.78, 5) is 4.34. The largest absolute Gasteiger partial charge is 0.336 e. The topological polar surface area (TPSA) is 51.0 Å². The molecule has 2 aliphatic rings. The molecule has 2 aromatic rings. The molecular formula is C13H15N3O. The van der Waals surface area contributed by atoms with Crippen LogP contribution in [0, 0.1) is 0 Å². The molecule has 4 nitrogen and oxygen atoms in total. The molecule has 0 amide bonds. The number of hydrogen-bond donors (Lipinski definition) is 1. The SMILES string of the molecule is c1nc2onc(C3CC3)c2cc1CNC1CC1. The van der Waals surface area contributed by atoms with Crippen molar-refractivity contribution in [3.63, 3.8) is 0 Å². The van der Waals surface area contributed by atoms with Crippen molar-refractivity contribution in [2.24, 2.45) is 0 Å². The van der Waals surface area contributed by atoms with Gasteiger partial charge in [-0.2, -0.15) is 0 Å². The minimum absolute atomic E-state index is 0.615. The average Bonchev–Trinajstić information content (AvgIpc) is 3.25. The number of rotatable bonds is 4. The van der Waals surface area contributed by atoms with E-state index in [-0.39, 0.29) is 0 Å². The van der Waals surface area contributed by atoms with Crippen molar-refractivity contribution in [1.29, 1.82) is 0 Å². The van der Waals surface area contributed by atoms with Gasteiger partial charge in [0.2, 0.25) is 0 Å². The van der Waals surface area contributed by atoms with Crippen LogP contribution in [-0.4, -0.2) is 16.2 Å². The van der Waals surface area contributed by atoms with Crippen molar-refractivity contribution >= 4 is 11.1 Å². The van der Waals surface area contributed by atoms with E-state index < -0.39 is 0 Å². The molecule has 0 bridgehead atoms. The number of pyridine rings is 1. The van der Waals surface area contributed by atoms with Crippen LogP contribution in [0.15, 0.2) is 16.8 Å².